The fraction of sp³-hybridized carbons (Fsp3) is 0.364. The van der Waals surface area contributed by atoms with Crippen LogP contribution in [0.4, 0.5) is 0 Å². The summed E-state index contributed by atoms with van der Waals surface area (Å²) < 4.78 is 5.53. The van der Waals surface area contributed by atoms with E-state index >= 15 is 0 Å². The summed E-state index contributed by atoms with van der Waals surface area (Å²) in [5.41, 5.74) is 1.08. The second-order valence-electron chi connectivity index (χ2n) is 3.43. The molecule has 1 aliphatic rings. The van der Waals surface area contributed by atoms with Gasteiger partial charge in [0.15, 0.2) is 0 Å². The van der Waals surface area contributed by atoms with E-state index in [4.69, 9.17) is 4.74 Å². The van der Waals surface area contributed by atoms with E-state index in [9.17, 15) is 0 Å². The van der Waals surface area contributed by atoms with E-state index in [0.29, 0.717) is 5.92 Å². The summed E-state index contributed by atoms with van der Waals surface area (Å²) in [5.74, 6) is 1.34. The topological polar surface area (TPSA) is 21.6 Å². The first-order chi connectivity index (χ1) is 6.36. The Morgan fingerprint density at radius 1 is 1.31 bits per heavy atom. The van der Waals surface area contributed by atoms with Gasteiger partial charge in [0, 0.05) is 18.0 Å². The maximum Gasteiger partial charge on any atom is 0.216 e. The number of ether oxygens (including phenoxy) is 1. The van der Waals surface area contributed by atoms with Gasteiger partial charge in [-0.3, -0.25) is 4.99 Å². The fourth-order valence-electron chi connectivity index (χ4n) is 1.31. The summed E-state index contributed by atoms with van der Waals surface area (Å²) in [6.07, 6.45) is 0. The van der Waals surface area contributed by atoms with Crippen molar-refractivity contribution in [2.45, 2.75) is 6.92 Å². The van der Waals surface area contributed by atoms with Crippen LogP contribution in [0.2, 0.25) is 0 Å². The standard InChI is InChI=1S/C11H13NO/c1-9-7-12-11(13-8-9)10-5-3-2-4-6-10/h2-6,9H,7-8H2,1H3. The molecule has 2 nitrogen and oxygen atoms in total. The summed E-state index contributed by atoms with van der Waals surface area (Å²) in [6, 6.07) is 10.0. The van der Waals surface area contributed by atoms with Crippen molar-refractivity contribution in [1.29, 1.82) is 0 Å². The number of aliphatic imine (C=N–C) groups is 1. The summed E-state index contributed by atoms with van der Waals surface area (Å²) in [5, 5.41) is 0. The van der Waals surface area contributed by atoms with E-state index < -0.39 is 0 Å². The third-order valence-electron chi connectivity index (χ3n) is 2.07. The highest BCUT2D eigenvalue weighted by atomic mass is 16.5. The number of nitrogens with zero attached hydrogens (tertiary/aromatic N) is 1. The molecule has 0 aliphatic carbocycles. The predicted molar refractivity (Wildman–Crippen MR) is 53.0 cm³/mol. The first kappa shape index (κ1) is 8.30. The van der Waals surface area contributed by atoms with E-state index in [2.05, 4.69) is 11.9 Å². The number of hydrogen-bond acceptors (Lipinski definition) is 2. The van der Waals surface area contributed by atoms with Crippen molar-refractivity contribution in [3.05, 3.63) is 35.9 Å². The van der Waals surface area contributed by atoms with Gasteiger partial charge < -0.3 is 4.74 Å². The van der Waals surface area contributed by atoms with Crippen LogP contribution in [0, 0.1) is 5.92 Å². The van der Waals surface area contributed by atoms with E-state index in [-0.39, 0.29) is 0 Å². The third-order valence-corrected chi connectivity index (χ3v) is 2.07. The first-order valence-corrected chi connectivity index (χ1v) is 4.59. The number of rotatable bonds is 1. The maximum absolute atomic E-state index is 5.53. The Bertz CT molecular complexity index is 305. The summed E-state index contributed by atoms with van der Waals surface area (Å²) in [6.45, 7) is 3.81. The minimum atomic E-state index is 0.549. The zero-order valence-corrected chi connectivity index (χ0v) is 7.73. The minimum absolute atomic E-state index is 0.549. The van der Waals surface area contributed by atoms with Crippen molar-refractivity contribution in [2.24, 2.45) is 10.9 Å². The SMILES string of the molecule is CC1CN=C(c2ccccc2)OC1. The Hall–Kier alpha value is -1.31. The van der Waals surface area contributed by atoms with Gasteiger partial charge in [0.05, 0.1) is 6.61 Å². The van der Waals surface area contributed by atoms with E-state index in [0.717, 1.165) is 24.6 Å². The van der Waals surface area contributed by atoms with Crippen LogP contribution in [0.5, 0.6) is 0 Å². The number of benzene rings is 1. The average Bonchev–Trinajstić information content (AvgIpc) is 2.20. The monoisotopic (exact) mass is 175 g/mol. The Kier molecular flexibility index (Phi) is 2.30. The molecule has 0 amide bonds. The highest BCUT2D eigenvalue weighted by Crippen LogP contribution is 2.10. The molecule has 0 spiro atoms. The Labute approximate surface area is 78.3 Å². The van der Waals surface area contributed by atoms with Crippen LogP contribution in [0.15, 0.2) is 35.3 Å². The van der Waals surface area contributed by atoms with Crippen molar-refractivity contribution in [2.75, 3.05) is 13.2 Å². The van der Waals surface area contributed by atoms with Gasteiger partial charge in [-0.15, -0.1) is 0 Å². The summed E-state index contributed by atoms with van der Waals surface area (Å²) in [7, 11) is 0. The highest BCUT2D eigenvalue weighted by molar-refractivity contribution is 5.94. The van der Waals surface area contributed by atoms with Crippen LogP contribution >= 0.6 is 0 Å². The quantitative estimate of drug-likeness (QED) is 0.640. The van der Waals surface area contributed by atoms with Crippen molar-refractivity contribution in [3.63, 3.8) is 0 Å². The molecule has 2 rings (SSSR count). The fourth-order valence-corrected chi connectivity index (χ4v) is 1.31. The molecular weight excluding hydrogens is 162 g/mol. The molecule has 1 aromatic carbocycles. The van der Waals surface area contributed by atoms with E-state index in [1.165, 1.54) is 0 Å². The Morgan fingerprint density at radius 3 is 2.69 bits per heavy atom. The predicted octanol–water partition coefficient (Wildman–Crippen LogP) is 2.10. The minimum Gasteiger partial charge on any atom is -0.477 e. The molecule has 0 saturated carbocycles. The summed E-state index contributed by atoms with van der Waals surface area (Å²) in [4.78, 5) is 4.38. The van der Waals surface area contributed by atoms with Crippen LogP contribution in [0.25, 0.3) is 0 Å². The van der Waals surface area contributed by atoms with Gasteiger partial charge in [0.1, 0.15) is 0 Å². The van der Waals surface area contributed by atoms with Crippen LogP contribution in [-0.2, 0) is 4.74 Å². The second kappa shape index (κ2) is 3.60. The summed E-state index contributed by atoms with van der Waals surface area (Å²) >= 11 is 0. The van der Waals surface area contributed by atoms with Crippen molar-refractivity contribution in [3.8, 4) is 0 Å². The molecule has 1 heterocycles. The van der Waals surface area contributed by atoms with E-state index in [1.54, 1.807) is 0 Å². The third kappa shape index (κ3) is 1.89. The molecule has 1 aliphatic heterocycles. The molecular formula is C11H13NO. The van der Waals surface area contributed by atoms with Crippen LogP contribution in [0.3, 0.4) is 0 Å². The molecule has 1 aromatic rings. The van der Waals surface area contributed by atoms with Crippen LogP contribution in [0.1, 0.15) is 12.5 Å². The van der Waals surface area contributed by atoms with Crippen LogP contribution in [-0.4, -0.2) is 19.0 Å². The second-order valence-corrected chi connectivity index (χ2v) is 3.43. The molecule has 0 fully saturated rings. The van der Waals surface area contributed by atoms with Crippen molar-refractivity contribution < 1.29 is 4.74 Å². The van der Waals surface area contributed by atoms with Gasteiger partial charge in [-0.05, 0) is 12.1 Å². The number of hydrogen-bond donors (Lipinski definition) is 0. The van der Waals surface area contributed by atoms with Crippen molar-refractivity contribution in [1.82, 2.24) is 0 Å². The lowest BCUT2D eigenvalue weighted by molar-refractivity contribution is 0.232. The molecule has 1 unspecified atom stereocenters. The van der Waals surface area contributed by atoms with Gasteiger partial charge >= 0.3 is 0 Å². The first-order valence-electron chi connectivity index (χ1n) is 4.59. The van der Waals surface area contributed by atoms with Crippen LogP contribution < -0.4 is 0 Å². The maximum atomic E-state index is 5.53. The van der Waals surface area contributed by atoms with Crippen molar-refractivity contribution >= 4 is 5.90 Å². The zero-order valence-electron chi connectivity index (χ0n) is 7.73. The Balaban J connectivity index is 2.19. The van der Waals surface area contributed by atoms with Gasteiger partial charge in [0.2, 0.25) is 5.90 Å². The zero-order chi connectivity index (χ0) is 9.10. The molecule has 13 heavy (non-hydrogen) atoms. The lowest BCUT2D eigenvalue weighted by Crippen LogP contribution is -2.21. The molecule has 68 valence electrons. The molecule has 2 heteroatoms. The Morgan fingerprint density at radius 2 is 2.08 bits per heavy atom. The molecule has 0 N–H and O–H groups in total. The van der Waals surface area contributed by atoms with Gasteiger partial charge in [-0.1, -0.05) is 25.1 Å². The lowest BCUT2D eigenvalue weighted by Gasteiger charge is -2.18. The smallest absolute Gasteiger partial charge is 0.216 e. The molecule has 0 saturated heterocycles. The van der Waals surface area contributed by atoms with Gasteiger partial charge in [-0.25, -0.2) is 0 Å². The lowest BCUT2D eigenvalue weighted by atomic mass is 10.1. The largest absolute Gasteiger partial charge is 0.477 e. The average molecular weight is 175 g/mol. The molecule has 0 bridgehead atoms. The molecule has 0 aromatic heterocycles. The molecule has 1 atom stereocenters. The molecule has 0 radical (unpaired) electrons. The van der Waals surface area contributed by atoms with Gasteiger partial charge in [-0.2, -0.15) is 0 Å². The normalized spacial score (nSPS) is 21.9. The van der Waals surface area contributed by atoms with Gasteiger partial charge in [0.25, 0.3) is 0 Å². The highest BCUT2D eigenvalue weighted by Gasteiger charge is 2.13. The van der Waals surface area contributed by atoms with E-state index in [1.807, 2.05) is 30.3 Å².